The average Bonchev–Trinajstić information content (AvgIpc) is 2.82. The van der Waals surface area contributed by atoms with Crippen LogP contribution in [0, 0.1) is 23.5 Å². The summed E-state index contributed by atoms with van der Waals surface area (Å²) in [6, 6.07) is 7.09. The van der Waals surface area contributed by atoms with Gasteiger partial charge in [-0.3, -0.25) is 4.98 Å². The highest BCUT2D eigenvalue weighted by Crippen LogP contribution is 2.24. The molecular weight excluding hydrogens is 450 g/mol. The van der Waals surface area contributed by atoms with Gasteiger partial charge in [0.25, 0.3) is 0 Å². The highest BCUT2D eigenvalue weighted by Gasteiger charge is 2.25. The third kappa shape index (κ3) is 6.85. The third-order valence-corrected chi connectivity index (χ3v) is 5.27. The third-order valence-electron chi connectivity index (χ3n) is 5.27. The van der Waals surface area contributed by atoms with Crippen molar-refractivity contribution in [2.45, 2.75) is 53.2 Å². The summed E-state index contributed by atoms with van der Waals surface area (Å²) in [4.78, 5) is 24.3. The lowest BCUT2D eigenvalue weighted by Crippen LogP contribution is -2.17. The number of ether oxygens (including phenoxy) is 1. The van der Waals surface area contributed by atoms with Crippen molar-refractivity contribution >= 4 is 0 Å². The fourth-order valence-electron chi connectivity index (χ4n) is 3.22. The SMILES string of the molecule is CC(C)=C/C(=C\Cc1cc(-c2ccnc(C(C)(C)N=O)n2)ncc1C)OCc1ccc(F)cc1F. The summed E-state index contributed by atoms with van der Waals surface area (Å²) < 4.78 is 33.0. The first-order chi connectivity index (χ1) is 16.6. The van der Waals surface area contributed by atoms with E-state index >= 15 is 0 Å². The molecule has 3 rings (SSSR count). The largest absolute Gasteiger partial charge is 0.489 e. The van der Waals surface area contributed by atoms with Gasteiger partial charge in [0.15, 0.2) is 11.4 Å². The maximum atomic E-state index is 14.0. The smallest absolute Gasteiger partial charge is 0.159 e. The van der Waals surface area contributed by atoms with Crippen LogP contribution in [0.2, 0.25) is 0 Å². The Bertz CT molecular complexity index is 1280. The lowest BCUT2D eigenvalue weighted by atomic mass is 10.0. The van der Waals surface area contributed by atoms with Gasteiger partial charge in [-0.15, -0.1) is 4.91 Å². The predicted molar refractivity (Wildman–Crippen MR) is 131 cm³/mol. The van der Waals surface area contributed by atoms with Crippen molar-refractivity contribution in [1.29, 1.82) is 0 Å². The predicted octanol–water partition coefficient (Wildman–Crippen LogP) is 6.74. The maximum Gasteiger partial charge on any atom is 0.159 e. The van der Waals surface area contributed by atoms with Crippen LogP contribution in [-0.2, 0) is 23.3 Å². The van der Waals surface area contributed by atoms with Crippen LogP contribution >= 0.6 is 0 Å². The van der Waals surface area contributed by atoms with Crippen LogP contribution in [0.5, 0.6) is 0 Å². The van der Waals surface area contributed by atoms with Gasteiger partial charge in [0.05, 0.1) is 11.4 Å². The van der Waals surface area contributed by atoms with Crippen molar-refractivity contribution < 1.29 is 13.5 Å². The minimum atomic E-state index is -1.05. The second kappa shape index (κ2) is 11.1. The number of hydrogen-bond acceptors (Lipinski definition) is 6. The number of rotatable bonds is 9. The van der Waals surface area contributed by atoms with Crippen molar-refractivity contribution in [1.82, 2.24) is 15.0 Å². The molecule has 0 radical (unpaired) electrons. The Hall–Kier alpha value is -3.81. The number of nitrogens with zero attached hydrogens (tertiary/aromatic N) is 4. The maximum absolute atomic E-state index is 14.0. The fourth-order valence-corrected chi connectivity index (χ4v) is 3.22. The van der Waals surface area contributed by atoms with E-state index in [-0.39, 0.29) is 12.2 Å². The molecule has 0 saturated heterocycles. The molecule has 0 N–H and O–H groups in total. The van der Waals surface area contributed by atoms with E-state index in [0.717, 1.165) is 22.8 Å². The summed E-state index contributed by atoms with van der Waals surface area (Å²) >= 11 is 0. The first-order valence-corrected chi connectivity index (χ1v) is 11.1. The molecule has 0 atom stereocenters. The Morgan fingerprint density at radius 2 is 1.86 bits per heavy atom. The van der Waals surface area contributed by atoms with Gasteiger partial charge in [-0.25, -0.2) is 18.7 Å². The standard InChI is InChI=1S/C27H28F2N4O2/c1-17(2)12-22(35-16-20-6-8-21(28)14-23(20)29)9-7-19-13-25(31-15-18(19)3)24-10-11-30-26(32-24)27(4,5)33-34/h6,8-15H,7,16H2,1-5H3/b22-9+. The second-order valence-electron chi connectivity index (χ2n) is 8.97. The van der Waals surface area contributed by atoms with E-state index in [2.05, 4.69) is 20.1 Å². The van der Waals surface area contributed by atoms with E-state index < -0.39 is 17.2 Å². The van der Waals surface area contributed by atoms with Crippen molar-refractivity contribution in [2.24, 2.45) is 5.18 Å². The molecule has 0 saturated carbocycles. The Morgan fingerprint density at radius 3 is 2.54 bits per heavy atom. The molecule has 6 nitrogen and oxygen atoms in total. The van der Waals surface area contributed by atoms with E-state index in [4.69, 9.17) is 4.74 Å². The van der Waals surface area contributed by atoms with E-state index in [0.29, 0.717) is 29.4 Å². The molecule has 182 valence electrons. The number of halogens is 2. The lowest BCUT2D eigenvalue weighted by Gasteiger charge is -2.14. The summed E-state index contributed by atoms with van der Waals surface area (Å²) in [7, 11) is 0. The zero-order chi connectivity index (χ0) is 25.6. The first-order valence-electron chi connectivity index (χ1n) is 11.1. The van der Waals surface area contributed by atoms with Gasteiger partial charge in [0, 0.05) is 24.0 Å². The van der Waals surface area contributed by atoms with Crippen molar-refractivity contribution in [3.63, 3.8) is 0 Å². The normalized spacial score (nSPS) is 11.8. The van der Waals surface area contributed by atoms with E-state index in [1.165, 1.54) is 12.1 Å². The molecule has 1 aromatic carbocycles. The summed E-state index contributed by atoms with van der Waals surface area (Å²) in [5.41, 5.74) is 3.45. The minimum Gasteiger partial charge on any atom is -0.489 e. The van der Waals surface area contributed by atoms with Gasteiger partial charge < -0.3 is 4.74 Å². The van der Waals surface area contributed by atoms with E-state index in [1.54, 1.807) is 32.3 Å². The summed E-state index contributed by atoms with van der Waals surface area (Å²) in [6.07, 6.45) is 7.65. The van der Waals surface area contributed by atoms with Gasteiger partial charge in [-0.05, 0) is 88.6 Å². The number of hydrogen-bond donors (Lipinski definition) is 0. The lowest BCUT2D eigenvalue weighted by molar-refractivity contribution is 0.206. The molecule has 3 aromatic rings. The molecule has 0 unspecified atom stereocenters. The molecule has 0 spiro atoms. The molecule has 0 aliphatic rings. The van der Waals surface area contributed by atoms with Gasteiger partial charge in [0.1, 0.15) is 24.0 Å². The van der Waals surface area contributed by atoms with Gasteiger partial charge in [-0.1, -0.05) is 10.7 Å². The summed E-state index contributed by atoms with van der Waals surface area (Å²) in [5, 5.41) is 3.11. The molecule has 8 heteroatoms. The number of pyridine rings is 1. The number of aromatic nitrogens is 3. The molecule has 35 heavy (non-hydrogen) atoms. The summed E-state index contributed by atoms with van der Waals surface area (Å²) in [6.45, 7) is 9.12. The Labute approximate surface area is 203 Å². The monoisotopic (exact) mass is 478 g/mol. The Kier molecular flexibility index (Phi) is 8.17. The van der Waals surface area contributed by atoms with Crippen molar-refractivity contribution in [3.8, 4) is 11.4 Å². The first kappa shape index (κ1) is 25.8. The topological polar surface area (TPSA) is 77.3 Å². The Morgan fingerprint density at radius 1 is 1.09 bits per heavy atom. The number of aryl methyl sites for hydroxylation is 1. The highest BCUT2D eigenvalue weighted by molar-refractivity contribution is 5.55. The van der Waals surface area contributed by atoms with Crippen LogP contribution in [0.3, 0.4) is 0 Å². The van der Waals surface area contributed by atoms with Gasteiger partial charge in [0.2, 0.25) is 0 Å². The molecule has 0 amide bonds. The van der Waals surface area contributed by atoms with Gasteiger partial charge >= 0.3 is 0 Å². The molecule has 0 aliphatic heterocycles. The molecule has 0 aliphatic carbocycles. The van der Waals surface area contributed by atoms with Crippen LogP contribution in [0.15, 0.2) is 71.4 Å². The average molecular weight is 479 g/mol. The highest BCUT2D eigenvalue weighted by atomic mass is 19.1. The van der Waals surface area contributed by atoms with Crippen molar-refractivity contribution in [2.75, 3.05) is 0 Å². The number of allylic oxidation sites excluding steroid dienone is 3. The van der Waals surface area contributed by atoms with Crippen LogP contribution < -0.4 is 0 Å². The zero-order valence-electron chi connectivity index (χ0n) is 20.5. The molecule has 0 fully saturated rings. The van der Waals surface area contributed by atoms with Gasteiger partial charge in [-0.2, -0.15) is 0 Å². The fraction of sp³-hybridized carbons (Fsp3) is 0.296. The number of nitroso groups, excluding NO2 is 1. The molecule has 2 heterocycles. The van der Waals surface area contributed by atoms with Crippen LogP contribution in [0.25, 0.3) is 11.4 Å². The second-order valence-corrected chi connectivity index (χ2v) is 8.97. The number of benzene rings is 1. The quantitative estimate of drug-likeness (QED) is 0.193. The molecule has 2 aromatic heterocycles. The molecule has 0 bridgehead atoms. The molecular formula is C27H28F2N4O2. The van der Waals surface area contributed by atoms with Crippen LogP contribution in [0.4, 0.5) is 8.78 Å². The summed E-state index contributed by atoms with van der Waals surface area (Å²) in [5.74, 6) is -0.374. The zero-order valence-corrected chi connectivity index (χ0v) is 20.5. The Balaban J connectivity index is 1.85. The van der Waals surface area contributed by atoms with E-state index in [9.17, 15) is 13.7 Å². The van der Waals surface area contributed by atoms with Crippen LogP contribution in [0.1, 0.15) is 50.2 Å². The van der Waals surface area contributed by atoms with E-state index in [1.807, 2.05) is 39.0 Å². The van der Waals surface area contributed by atoms with Crippen LogP contribution in [-0.4, -0.2) is 15.0 Å². The van der Waals surface area contributed by atoms with Crippen molar-refractivity contribution in [3.05, 3.63) is 105 Å². The minimum absolute atomic E-state index is 0.0213.